The molecule has 3 heteroatoms. The molecule has 0 aliphatic rings. The van der Waals surface area contributed by atoms with Crippen LogP contribution in [-0.2, 0) is 0 Å². The topological polar surface area (TPSA) is 38.7 Å². The normalized spacial score (nSPS) is 10.6. The Morgan fingerprint density at radius 1 is 0.520 bits per heavy atom. The number of nitrogens with zero attached hydrogens (tertiary/aromatic N) is 3. The van der Waals surface area contributed by atoms with Crippen LogP contribution >= 0.6 is 0 Å². The number of hydrogen-bond donors (Lipinski definition) is 0. The van der Waals surface area contributed by atoms with Gasteiger partial charge in [0, 0.05) is 47.0 Å². The maximum atomic E-state index is 4.60. The molecule has 120 valence electrons. The lowest BCUT2D eigenvalue weighted by molar-refractivity contribution is 1.28. The minimum absolute atomic E-state index is 0.940. The van der Waals surface area contributed by atoms with Crippen molar-refractivity contribution in [1.82, 2.24) is 15.0 Å². The Balaban J connectivity index is 1.59. The van der Waals surface area contributed by atoms with Crippen LogP contribution in [0.1, 0.15) is 5.56 Å². The number of aryl methyl sites for hydroxylation is 1. The van der Waals surface area contributed by atoms with E-state index in [1.54, 1.807) is 12.4 Å². The third kappa shape index (κ3) is 3.31. The van der Waals surface area contributed by atoms with E-state index in [1.165, 1.54) is 5.56 Å². The average Bonchev–Trinajstić information content (AvgIpc) is 2.70. The predicted octanol–water partition coefficient (Wildman–Crippen LogP) is 5.18. The summed E-state index contributed by atoms with van der Waals surface area (Å²) in [5, 5.41) is 0. The third-order valence-corrected chi connectivity index (χ3v) is 4.18. The van der Waals surface area contributed by atoms with E-state index in [1.807, 2.05) is 30.6 Å². The number of rotatable bonds is 3. The zero-order chi connectivity index (χ0) is 17.1. The minimum Gasteiger partial charge on any atom is -0.265 e. The van der Waals surface area contributed by atoms with Gasteiger partial charge in [0.15, 0.2) is 0 Å². The van der Waals surface area contributed by atoms with Gasteiger partial charge in [0.25, 0.3) is 0 Å². The van der Waals surface area contributed by atoms with Gasteiger partial charge in [-0.3, -0.25) is 15.0 Å². The fourth-order valence-electron chi connectivity index (χ4n) is 2.72. The summed E-state index contributed by atoms with van der Waals surface area (Å²) in [7, 11) is 0. The van der Waals surface area contributed by atoms with Gasteiger partial charge in [-0.25, -0.2) is 0 Å². The van der Waals surface area contributed by atoms with Crippen molar-refractivity contribution in [2.24, 2.45) is 0 Å². The maximum absolute atomic E-state index is 4.60. The molecule has 4 rings (SSSR count). The van der Waals surface area contributed by atoms with Crippen molar-refractivity contribution in [3.05, 3.63) is 91.0 Å². The molecule has 0 spiro atoms. The van der Waals surface area contributed by atoms with E-state index < -0.39 is 0 Å². The van der Waals surface area contributed by atoms with Crippen LogP contribution in [0.25, 0.3) is 33.6 Å². The van der Waals surface area contributed by atoms with Gasteiger partial charge in [-0.15, -0.1) is 0 Å². The van der Waals surface area contributed by atoms with Crippen molar-refractivity contribution >= 4 is 0 Å². The molecule has 0 N–H and O–H groups in total. The van der Waals surface area contributed by atoms with Crippen LogP contribution in [0.15, 0.2) is 85.5 Å². The lowest BCUT2D eigenvalue weighted by atomic mass is 10.1. The second-order valence-corrected chi connectivity index (χ2v) is 5.97. The van der Waals surface area contributed by atoms with Gasteiger partial charge in [0.05, 0.1) is 11.4 Å². The van der Waals surface area contributed by atoms with Gasteiger partial charge in [0.1, 0.15) is 0 Å². The number of aromatic nitrogens is 3. The fraction of sp³-hybridized carbons (Fsp3) is 0.0455. The zero-order valence-corrected chi connectivity index (χ0v) is 13.9. The van der Waals surface area contributed by atoms with E-state index in [9.17, 15) is 0 Å². The molecule has 3 heterocycles. The summed E-state index contributed by atoms with van der Waals surface area (Å²) in [5.74, 6) is 0. The van der Waals surface area contributed by atoms with Crippen molar-refractivity contribution in [3.8, 4) is 33.6 Å². The van der Waals surface area contributed by atoms with Crippen molar-refractivity contribution in [3.63, 3.8) is 0 Å². The van der Waals surface area contributed by atoms with Gasteiger partial charge < -0.3 is 0 Å². The number of pyridine rings is 3. The van der Waals surface area contributed by atoms with E-state index in [2.05, 4.69) is 64.3 Å². The Bertz CT molecular complexity index is 958. The molecule has 0 radical (unpaired) electrons. The van der Waals surface area contributed by atoms with Crippen LogP contribution in [0, 0.1) is 6.92 Å². The molecular weight excluding hydrogens is 306 g/mol. The SMILES string of the molecule is Cc1ccc(-c2ccc(-c3ccc(-c4ccncc4)nc3)cn2)cc1. The Hall–Kier alpha value is -3.33. The average molecular weight is 323 g/mol. The van der Waals surface area contributed by atoms with E-state index in [0.717, 1.165) is 33.6 Å². The van der Waals surface area contributed by atoms with Gasteiger partial charge in [-0.1, -0.05) is 42.0 Å². The smallest absolute Gasteiger partial charge is 0.0703 e. The summed E-state index contributed by atoms with van der Waals surface area (Å²) in [6.45, 7) is 2.09. The third-order valence-electron chi connectivity index (χ3n) is 4.18. The predicted molar refractivity (Wildman–Crippen MR) is 101 cm³/mol. The molecule has 0 unspecified atom stereocenters. The zero-order valence-electron chi connectivity index (χ0n) is 13.9. The van der Waals surface area contributed by atoms with Crippen LogP contribution in [0.4, 0.5) is 0 Å². The maximum Gasteiger partial charge on any atom is 0.0703 e. The van der Waals surface area contributed by atoms with Gasteiger partial charge in [-0.05, 0) is 31.2 Å². The molecule has 4 aromatic rings. The molecule has 0 saturated heterocycles. The molecule has 0 aliphatic heterocycles. The molecule has 25 heavy (non-hydrogen) atoms. The van der Waals surface area contributed by atoms with Crippen LogP contribution in [0.5, 0.6) is 0 Å². The number of benzene rings is 1. The van der Waals surface area contributed by atoms with E-state index in [-0.39, 0.29) is 0 Å². The Morgan fingerprint density at radius 3 is 1.48 bits per heavy atom. The standard InChI is InChI=1S/C22H17N3/c1-16-2-4-17(5-3-16)21-8-6-19(14-24-21)20-7-9-22(25-15-20)18-10-12-23-13-11-18/h2-15H,1H3. The second kappa shape index (κ2) is 6.65. The molecule has 0 fully saturated rings. The lowest BCUT2D eigenvalue weighted by Gasteiger charge is -2.06. The van der Waals surface area contributed by atoms with Crippen LogP contribution < -0.4 is 0 Å². The van der Waals surface area contributed by atoms with Crippen LogP contribution in [0.3, 0.4) is 0 Å². The Morgan fingerprint density at radius 2 is 1.00 bits per heavy atom. The first-order valence-electron chi connectivity index (χ1n) is 8.19. The monoisotopic (exact) mass is 323 g/mol. The van der Waals surface area contributed by atoms with Crippen molar-refractivity contribution in [1.29, 1.82) is 0 Å². The van der Waals surface area contributed by atoms with Gasteiger partial charge in [0.2, 0.25) is 0 Å². The quantitative estimate of drug-likeness (QED) is 0.521. The molecule has 3 aromatic heterocycles. The highest BCUT2D eigenvalue weighted by molar-refractivity contribution is 5.68. The van der Waals surface area contributed by atoms with Crippen LogP contribution in [0.2, 0.25) is 0 Å². The van der Waals surface area contributed by atoms with Gasteiger partial charge in [-0.2, -0.15) is 0 Å². The van der Waals surface area contributed by atoms with E-state index in [0.29, 0.717) is 0 Å². The first-order valence-corrected chi connectivity index (χ1v) is 8.19. The molecule has 1 aromatic carbocycles. The highest BCUT2D eigenvalue weighted by Crippen LogP contribution is 2.24. The number of hydrogen-bond acceptors (Lipinski definition) is 3. The first-order chi connectivity index (χ1) is 12.3. The summed E-state index contributed by atoms with van der Waals surface area (Å²) in [6, 6.07) is 20.6. The summed E-state index contributed by atoms with van der Waals surface area (Å²) >= 11 is 0. The van der Waals surface area contributed by atoms with Crippen LogP contribution in [-0.4, -0.2) is 15.0 Å². The summed E-state index contributed by atoms with van der Waals surface area (Å²) in [4.78, 5) is 13.2. The molecular formula is C22H17N3. The molecule has 0 saturated carbocycles. The van der Waals surface area contributed by atoms with Crippen molar-refractivity contribution in [2.75, 3.05) is 0 Å². The highest BCUT2D eigenvalue weighted by atomic mass is 14.7. The molecule has 0 amide bonds. The summed E-state index contributed by atoms with van der Waals surface area (Å²) < 4.78 is 0. The van der Waals surface area contributed by atoms with Crippen molar-refractivity contribution in [2.45, 2.75) is 6.92 Å². The lowest BCUT2D eigenvalue weighted by Crippen LogP contribution is -1.88. The molecule has 3 nitrogen and oxygen atoms in total. The Kier molecular flexibility index (Phi) is 4.05. The Labute approximate surface area is 147 Å². The highest BCUT2D eigenvalue weighted by Gasteiger charge is 2.04. The van der Waals surface area contributed by atoms with Gasteiger partial charge >= 0.3 is 0 Å². The fourth-order valence-corrected chi connectivity index (χ4v) is 2.72. The van der Waals surface area contributed by atoms with Crippen molar-refractivity contribution < 1.29 is 0 Å². The first kappa shape index (κ1) is 15.2. The van der Waals surface area contributed by atoms with E-state index >= 15 is 0 Å². The molecule has 0 aliphatic carbocycles. The summed E-state index contributed by atoms with van der Waals surface area (Å²) in [5.41, 5.74) is 7.48. The largest absolute Gasteiger partial charge is 0.265 e. The summed E-state index contributed by atoms with van der Waals surface area (Å²) in [6.07, 6.45) is 7.34. The van der Waals surface area contributed by atoms with E-state index in [4.69, 9.17) is 0 Å². The minimum atomic E-state index is 0.940. The second-order valence-electron chi connectivity index (χ2n) is 5.97. The molecule has 0 atom stereocenters. The molecule has 0 bridgehead atoms.